The van der Waals surface area contributed by atoms with E-state index in [-0.39, 0.29) is 18.3 Å². The highest BCUT2D eigenvalue weighted by atomic mass is 32.1. The number of nitrogens with one attached hydrogen (secondary N) is 3. The first kappa shape index (κ1) is 22.3. The zero-order valence-electron chi connectivity index (χ0n) is 16.6. The predicted molar refractivity (Wildman–Crippen MR) is 114 cm³/mol. The van der Waals surface area contributed by atoms with Gasteiger partial charge in [-0.3, -0.25) is 5.32 Å². The van der Waals surface area contributed by atoms with Gasteiger partial charge in [-0.25, -0.2) is 4.79 Å². The molecule has 4 atom stereocenters. The summed E-state index contributed by atoms with van der Waals surface area (Å²) in [7, 11) is 0. The molecule has 0 aromatic heterocycles. The van der Waals surface area contributed by atoms with Gasteiger partial charge in [0.25, 0.3) is 0 Å². The summed E-state index contributed by atoms with van der Waals surface area (Å²) in [5, 5.41) is 8.93. The maximum Gasteiger partial charge on any atom is 0.416 e. The van der Waals surface area contributed by atoms with Crippen LogP contribution in [0.3, 0.4) is 0 Å². The number of rotatable bonds is 4. The number of halogens is 3. The lowest BCUT2D eigenvalue weighted by Crippen LogP contribution is -2.46. The van der Waals surface area contributed by atoms with Crippen molar-refractivity contribution in [2.45, 2.75) is 30.5 Å². The maximum absolute atomic E-state index is 12.8. The van der Waals surface area contributed by atoms with Crippen LogP contribution < -0.4 is 16.0 Å². The van der Waals surface area contributed by atoms with Crippen LogP contribution in [0, 0.1) is 0 Å². The molecule has 11 heteroatoms. The molecule has 170 valence electrons. The molecule has 0 bridgehead atoms. The molecule has 32 heavy (non-hydrogen) atoms. The largest absolute Gasteiger partial charge is 0.441 e. The number of para-hydroxylation sites is 1. The topological polar surface area (TPSA) is 80.9 Å². The molecule has 0 radical (unpaired) electrons. The summed E-state index contributed by atoms with van der Waals surface area (Å²) in [5.41, 5.74) is -0.0579. The van der Waals surface area contributed by atoms with Crippen LogP contribution in [0.2, 0.25) is 0 Å². The zero-order valence-corrected chi connectivity index (χ0v) is 17.4. The summed E-state index contributed by atoms with van der Waals surface area (Å²) in [4.78, 5) is 12.2. The van der Waals surface area contributed by atoms with Crippen molar-refractivity contribution in [1.29, 1.82) is 0 Å². The van der Waals surface area contributed by atoms with E-state index < -0.39 is 36.1 Å². The second kappa shape index (κ2) is 9.31. The van der Waals surface area contributed by atoms with Gasteiger partial charge in [-0.1, -0.05) is 24.3 Å². The molecule has 3 N–H and O–H groups in total. The summed E-state index contributed by atoms with van der Waals surface area (Å²) in [5.74, 6) is 0. The Kier molecular flexibility index (Phi) is 6.49. The van der Waals surface area contributed by atoms with Crippen molar-refractivity contribution in [3.8, 4) is 0 Å². The number of ether oxygens (including phenoxy) is 3. The van der Waals surface area contributed by atoms with Crippen molar-refractivity contribution < 1.29 is 32.2 Å². The van der Waals surface area contributed by atoms with E-state index in [0.717, 1.165) is 17.8 Å². The van der Waals surface area contributed by atoms with E-state index in [9.17, 15) is 18.0 Å². The van der Waals surface area contributed by atoms with E-state index in [1.807, 2.05) is 30.3 Å². The highest BCUT2D eigenvalue weighted by Crippen LogP contribution is 2.31. The fourth-order valence-corrected chi connectivity index (χ4v) is 3.87. The third kappa shape index (κ3) is 5.29. The van der Waals surface area contributed by atoms with Gasteiger partial charge in [0.1, 0.15) is 12.2 Å². The van der Waals surface area contributed by atoms with Gasteiger partial charge >= 0.3 is 12.3 Å². The molecule has 2 aromatic carbocycles. The van der Waals surface area contributed by atoms with Crippen LogP contribution in [-0.2, 0) is 20.4 Å². The number of alkyl halides is 3. The Morgan fingerprint density at radius 2 is 1.69 bits per heavy atom. The Bertz CT molecular complexity index is 976. The van der Waals surface area contributed by atoms with E-state index in [4.69, 9.17) is 26.4 Å². The van der Waals surface area contributed by atoms with Gasteiger partial charge in [0.05, 0.1) is 24.8 Å². The van der Waals surface area contributed by atoms with Gasteiger partial charge in [-0.2, -0.15) is 13.2 Å². The Morgan fingerprint density at radius 3 is 2.44 bits per heavy atom. The lowest BCUT2D eigenvalue weighted by atomic mass is 10.1. The standard InChI is InChI=1S/C21H20F3N3O4S/c22-21(23,24)12-5-4-8-14(9-12)26-20(28)31-16-11-30-17-15(10-29-18(16)17)27-19(32)25-13-6-2-1-3-7-13/h1-9,15-18H,10-11H2,(H,26,28)(H2,25,27,32). The maximum atomic E-state index is 12.8. The summed E-state index contributed by atoms with van der Waals surface area (Å²) >= 11 is 5.33. The monoisotopic (exact) mass is 467 g/mol. The molecular weight excluding hydrogens is 447 g/mol. The van der Waals surface area contributed by atoms with E-state index in [1.54, 1.807) is 0 Å². The summed E-state index contributed by atoms with van der Waals surface area (Å²) in [6, 6.07) is 13.5. The van der Waals surface area contributed by atoms with Crippen molar-refractivity contribution in [3.05, 3.63) is 60.2 Å². The molecule has 2 heterocycles. The van der Waals surface area contributed by atoms with E-state index >= 15 is 0 Å². The molecule has 0 spiro atoms. The molecule has 7 nitrogen and oxygen atoms in total. The lowest BCUT2D eigenvalue weighted by molar-refractivity contribution is -0.137. The molecule has 2 aromatic rings. The number of benzene rings is 2. The number of fused-ring (bicyclic) bond motifs is 1. The molecule has 4 rings (SSSR count). The fraction of sp³-hybridized carbons (Fsp3) is 0.333. The minimum Gasteiger partial charge on any atom is -0.441 e. The summed E-state index contributed by atoms with van der Waals surface area (Å²) < 4.78 is 55.3. The number of carbonyl (C=O) groups excluding carboxylic acids is 1. The molecule has 2 aliphatic heterocycles. The molecule has 2 fully saturated rings. The number of thiocarbonyl (C=S) groups is 1. The predicted octanol–water partition coefficient (Wildman–Crippen LogP) is 3.78. The minimum atomic E-state index is -4.51. The van der Waals surface area contributed by atoms with Gasteiger partial charge in [0.2, 0.25) is 0 Å². The summed E-state index contributed by atoms with van der Waals surface area (Å²) in [6.45, 7) is 0.392. The number of amides is 1. The number of carbonyl (C=O) groups is 1. The molecular formula is C21H20F3N3O4S. The Labute approximate surface area is 187 Å². The lowest BCUT2D eigenvalue weighted by Gasteiger charge is -2.20. The van der Waals surface area contributed by atoms with Crippen molar-refractivity contribution in [2.75, 3.05) is 23.8 Å². The molecule has 0 aliphatic carbocycles. The third-order valence-corrected chi connectivity index (χ3v) is 5.27. The number of hydrogen-bond donors (Lipinski definition) is 3. The van der Waals surface area contributed by atoms with Gasteiger partial charge in [0, 0.05) is 11.4 Å². The number of anilines is 2. The second-order valence-corrected chi connectivity index (χ2v) is 7.72. The third-order valence-electron chi connectivity index (χ3n) is 5.05. The van der Waals surface area contributed by atoms with Gasteiger partial charge < -0.3 is 24.8 Å². The first-order valence-corrected chi connectivity index (χ1v) is 10.2. The van der Waals surface area contributed by atoms with Crippen LogP contribution in [0.25, 0.3) is 0 Å². The fourth-order valence-electron chi connectivity index (χ4n) is 3.60. The Morgan fingerprint density at radius 1 is 0.969 bits per heavy atom. The highest BCUT2D eigenvalue weighted by molar-refractivity contribution is 7.80. The van der Waals surface area contributed by atoms with Crippen LogP contribution in [0.15, 0.2) is 54.6 Å². The SMILES string of the molecule is O=C(Nc1cccc(C(F)(F)F)c1)OC1COC2C(NC(=S)Nc3ccccc3)COC12. The zero-order chi connectivity index (χ0) is 22.7. The first-order chi connectivity index (χ1) is 15.3. The van der Waals surface area contributed by atoms with Crippen molar-refractivity contribution in [3.63, 3.8) is 0 Å². The van der Waals surface area contributed by atoms with Crippen LogP contribution in [0.1, 0.15) is 5.56 Å². The van der Waals surface area contributed by atoms with E-state index in [0.29, 0.717) is 11.7 Å². The van der Waals surface area contributed by atoms with Crippen molar-refractivity contribution in [1.82, 2.24) is 5.32 Å². The highest BCUT2D eigenvalue weighted by Gasteiger charge is 2.49. The molecule has 1 amide bonds. The van der Waals surface area contributed by atoms with Crippen molar-refractivity contribution in [2.24, 2.45) is 0 Å². The number of hydrogen-bond acceptors (Lipinski definition) is 5. The van der Waals surface area contributed by atoms with Crippen molar-refractivity contribution >= 4 is 34.8 Å². The molecule has 2 saturated heterocycles. The minimum absolute atomic E-state index is 0.0236. The van der Waals surface area contributed by atoms with Crippen LogP contribution in [0.4, 0.5) is 29.3 Å². The molecule has 4 unspecified atom stereocenters. The van der Waals surface area contributed by atoms with Gasteiger partial charge in [-0.15, -0.1) is 0 Å². The Balaban J connectivity index is 1.29. The smallest absolute Gasteiger partial charge is 0.416 e. The first-order valence-electron chi connectivity index (χ1n) is 9.80. The average Bonchev–Trinajstić information content (AvgIpc) is 3.32. The van der Waals surface area contributed by atoms with Crippen LogP contribution >= 0.6 is 12.2 Å². The van der Waals surface area contributed by atoms with Gasteiger partial charge in [0.15, 0.2) is 11.2 Å². The molecule has 2 aliphatic rings. The van der Waals surface area contributed by atoms with E-state index in [2.05, 4.69) is 16.0 Å². The Hall–Kier alpha value is -2.89. The van der Waals surface area contributed by atoms with Gasteiger partial charge in [-0.05, 0) is 42.5 Å². The van der Waals surface area contributed by atoms with Crippen LogP contribution in [0.5, 0.6) is 0 Å². The normalized spacial score (nSPS) is 24.5. The second-order valence-electron chi connectivity index (χ2n) is 7.31. The average molecular weight is 467 g/mol. The quantitative estimate of drug-likeness (QED) is 0.591. The van der Waals surface area contributed by atoms with E-state index in [1.165, 1.54) is 12.1 Å². The van der Waals surface area contributed by atoms with Crippen LogP contribution in [-0.4, -0.2) is 48.8 Å². The summed E-state index contributed by atoms with van der Waals surface area (Å²) in [6.07, 6.45) is -7.01. The molecule has 0 saturated carbocycles.